The molecule has 3 aromatic rings. The van der Waals surface area contributed by atoms with Gasteiger partial charge in [0.05, 0.1) is 30.6 Å². The first-order valence-electron chi connectivity index (χ1n) is 7.15. The average Bonchev–Trinajstić information content (AvgIpc) is 3.17. The number of aromatic nitrogens is 3. The Balaban J connectivity index is 1.73. The molecular formula is C16H14BN3O2S. The van der Waals surface area contributed by atoms with E-state index in [1.165, 1.54) is 6.20 Å². The van der Waals surface area contributed by atoms with Gasteiger partial charge in [-0.2, -0.15) is 5.10 Å². The quantitative estimate of drug-likeness (QED) is 0.532. The first-order chi connectivity index (χ1) is 11.2. The van der Waals surface area contributed by atoms with Crippen molar-refractivity contribution >= 4 is 30.6 Å². The van der Waals surface area contributed by atoms with Crippen molar-refractivity contribution in [2.75, 3.05) is 6.61 Å². The molecule has 0 aliphatic rings. The number of hydrogen-bond donors (Lipinski definition) is 0. The minimum Gasteiger partial charge on any atom is -0.462 e. The van der Waals surface area contributed by atoms with Crippen molar-refractivity contribution in [3.8, 4) is 11.3 Å². The molecule has 0 aliphatic heterocycles. The van der Waals surface area contributed by atoms with Crippen molar-refractivity contribution in [3.05, 3.63) is 52.6 Å². The van der Waals surface area contributed by atoms with Crippen molar-refractivity contribution in [2.24, 2.45) is 0 Å². The number of benzene rings is 1. The summed E-state index contributed by atoms with van der Waals surface area (Å²) >= 11 is 1.54. The summed E-state index contributed by atoms with van der Waals surface area (Å²) in [5, 5.41) is 7.06. The average molecular weight is 323 g/mol. The van der Waals surface area contributed by atoms with E-state index in [0.717, 1.165) is 16.3 Å². The van der Waals surface area contributed by atoms with Crippen LogP contribution in [0.3, 0.4) is 0 Å². The molecule has 23 heavy (non-hydrogen) atoms. The van der Waals surface area contributed by atoms with Crippen molar-refractivity contribution in [1.29, 1.82) is 0 Å². The maximum absolute atomic E-state index is 11.6. The molecule has 2 aromatic heterocycles. The largest absolute Gasteiger partial charge is 0.462 e. The van der Waals surface area contributed by atoms with Gasteiger partial charge in [-0.3, -0.25) is 4.68 Å². The van der Waals surface area contributed by atoms with Crippen LogP contribution >= 0.6 is 11.3 Å². The Kier molecular flexibility index (Phi) is 4.57. The van der Waals surface area contributed by atoms with Gasteiger partial charge in [0.2, 0.25) is 0 Å². The first-order valence-corrected chi connectivity index (χ1v) is 8.03. The fourth-order valence-electron chi connectivity index (χ4n) is 2.12. The zero-order chi connectivity index (χ0) is 16.2. The molecule has 0 bridgehead atoms. The van der Waals surface area contributed by atoms with Gasteiger partial charge in [-0.15, -0.1) is 11.3 Å². The topological polar surface area (TPSA) is 57.0 Å². The summed E-state index contributed by atoms with van der Waals surface area (Å²) in [6.45, 7) is 2.63. The van der Waals surface area contributed by atoms with Crippen LogP contribution in [0.1, 0.15) is 22.3 Å². The number of ether oxygens (including phenoxy) is 1. The lowest BCUT2D eigenvalue weighted by Gasteiger charge is -1.99. The fourth-order valence-corrected chi connectivity index (χ4v) is 2.92. The molecule has 2 heterocycles. The molecule has 0 unspecified atom stereocenters. The van der Waals surface area contributed by atoms with Gasteiger partial charge in [-0.1, -0.05) is 29.7 Å². The van der Waals surface area contributed by atoms with Crippen LogP contribution in [0.15, 0.2) is 42.0 Å². The Bertz CT molecular complexity index is 828. The lowest BCUT2D eigenvalue weighted by Crippen LogP contribution is -2.04. The van der Waals surface area contributed by atoms with Crippen LogP contribution in [0.2, 0.25) is 0 Å². The molecule has 0 saturated carbocycles. The second kappa shape index (κ2) is 6.79. The van der Waals surface area contributed by atoms with Crippen LogP contribution < -0.4 is 5.46 Å². The van der Waals surface area contributed by atoms with E-state index in [4.69, 9.17) is 12.6 Å². The number of esters is 1. The van der Waals surface area contributed by atoms with Crippen LogP contribution in [0.25, 0.3) is 11.3 Å². The summed E-state index contributed by atoms with van der Waals surface area (Å²) in [6, 6.07) is 7.62. The zero-order valence-electron chi connectivity index (χ0n) is 12.6. The van der Waals surface area contributed by atoms with Crippen molar-refractivity contribution in [1.82, 2.24) is 14.8 Å². The highest BCUT2D eigenvalue weighted by Crippen LogP contribution is 2.21. The standard InChI is InChI=1S/C16H14BN3O2S/c1-2-22-16(21)12-7-18-20(8-12)9-15-19-14(10-23-15)11-4-3-5-13(17)6-11/h3-8,10H,2,9H2,1H3. The second-order valence-electron chi connectivity index (χ2n) is 4.90. The van der Waals surface area contributed by atoms with Crippen LogP contribution in [0.4, 0.5) is 0 Å². The number of nitrogens with zero attached hydrogens (tertiary/aromatic N) is 3. The number of hydrogen-bond acceptors (Lipinski definition) is 5. The van der Waals surface area contributed by atoms with Crippen LogP contribution in [0.5, 0.6) is 0 Å². The summed E-state index contributed by atoms with van der Waals surface area (Å²) in [4.78, 5) is 16.2. The van der Waals surface area contributed by atoms with Gasteiger partial charge in [0.1, 0.15) is 12.9 Å². The van der Waals surface area contributed by atoms with E-state index in [1.54, 1.807) is 29.1 Å². The maximum Gasteiger partial charge on any atom is 0.341 e. The summed E-state index contributed by atoms with van der Waals surface area (Å²) in [5.41, 5.74) is 3.03. The minimum atomic E-state index is -0.363. The van der Waals surface area contributed by atoms with Gasteiger partial charge in [-0.25, -0.2) is 9.78 Å². The van der Waals surface area contributed by atoms with E-state index >= 15 is 0 Å². The van der Waals surface area contributed by atoms with E-state index in [1.807, 2.05) is 29.6 Å². The smallest absolute Gasteiger partial charge is 0.341 e. The fraction of sp³-hybridized carbons (Fsp3) is 0.188. The van der Waals surface area contributed by atoms with E-state index in [9.17, 15) is 4.79 Å². The molecule has 114 valence electrons. The van der Waals surface area contributed by atoms with Crippen molar-refractivity contribution in [2.45, 2.75) is 13.5 Å². The summed E-state index contributed by atoms with van der Waals surface area (Å²) in [7, 11) is 5.80. The number of carbonyl (C=O) groups excluding carboxylic acids is 1. The van der Waals surface area contributed by atoms with Crippen LogP contribution in [-0.2, 0) is 11.3 Å². The second-order valence-corrected chi connectivity index (χ2v) is 5.84. The van der Waals surface area contributed by atoms with Gasteiger partial charge in [-0.05, 0) is 6.92 Å². The SMILES string of the molecule is [B]c1cccc(-c2csc(Cn3cc(C(=O)OCC)cn3)n2)c1. The third-order valence-corrected chi connectivity index (χ3v) is 4.01. The minimum absolute atomic E-state index is 0.347. The summed E-state index contributed by atoms with van der Waals surface area (Å²) < 4.78 is 6.62. The molecule has 7 heteroatoms. The highest BCUT2D eigenvalue weighted by atomic mass is 32.1. The molecule has 1 aromatic carbocycles. The Morgan fingerprint density at radius 2 is 2.30 bits per heavy atom. The van der Waals surface area contributed by atoms with E-state index in [2.05, 4.69) is 10.1 Å². The Hall–Kier alpha value is -2.41. The Morgan fingerprint density at radius 3 is 3.09 bits per heavy atom. The third kappa shape index (κ3) is 3.68. The van der Waals surface area contributed by atoms with Crippen molar-refractivity contribution < 1.29 is 9.53 Å². The lowest BCUT2D eigenvalue weighted by atomic mass is 9.94. The predicted octanol–water partition coefficient (Wildman–Crippen LogP) is 2.03. The highest BCUT2D eigenvalue weighted by Gasteiger charge is 2.11. The van der Waals surface area contributed by atoms with Crippen LogP contribution in [0, 0.1) is 0 Å². The normalized spacial score (nSPS) is 10.7. The molecule has 0 amide bonds. The first kappa shape index (κ1) is 15.5. The number of rotatable bonds is 5. The zero-order valence-corrected chi connectivity index (χ0v) is 13.4. The van der Waals surface area contributed by atoms with E-state index < -0.39 is 0 Å². The molecule has 3 rings (SSSR count). The molecule has 2 radical (unpaired) electrons. The molecule has 5 nitrogen and oxygen atoms in total. The van der Waals surface area contributed by atoms with E-state index in [0.29, 0.717) is 24.2 Å². The van der Waals surface area contributed by atoms with Crippen molar-refractivity contribution in [3.63, 3.8) is 0 Å². The summed E-state index contributed by atoms with van der Waals surface area (Å²) in [6.07, 6.45) is 3.17. The molecule has 0 atom stereocenters. The summed E-state index contributed by atoms with van der Waals surface area (Å²) in [5.74, 6) is -0.363. The number of thiazole rings is 1. The van der Waals surface area contributed by atoms with Gasteiger partial charge in [0.15, 0.2) is 0 Å². The number of carbonyl (C=O) groups is 1. The molecule has 0 spiro atoms. The van der Waals surface area contributed by atoms with Gasteiger partial charge >= 0.3 is 5.97 Å². The van der Waals surface area contributed by atoms with E-state index in [-0.39, 0.29) is 5.97 Å². The molecular weight excluding hydrogens is 309 g/mol. The molecule has 0 aliphatic carbocycles. The Morgan fingerprint density at radius 1 is 1.43 bits per heavy atom. The highest BCUT2D eigenvalue weighted by molar-refractivity contribution is 7.09. The lowest BCUT2D eigenvalue weighted by molar-refractivity contribution is 0.0526. The predicted molar refractivity (Wildman–Crippen MR) is 90.2 cm³/mol. The van der Waals surface area contributed by atoms with Gasteiger partial charge in [0, 0.05) is 17.1 Å². The van der Waals surface area contributed by atoms with Gasteiger partial charge < -0.3 is 4.74 Å². The molecule has 0 fully saturated rings. The Labute approximate surface area is 139 Å². The molecule has 0 saturated heterocycles. The third-order valence-electron chi connectivity index (χ3n) is 3.18. The van der Waals surface area contributed by atoms with Crippen LogP contribution in [-0.4, -0.2) is 35.2 Å². The maximum atomic E-state index is 11.6. The monoisotopic (exact) mass is 323 g/mol. The van der Waals surface area contributed by atoms with Gasteiger partial charge in [0.25, 0.3) is 0 Å². The molecule has 0 N–H and O–H groups in total.